The van der Waals surface area contributed by atoms with Crippen molar-refractivity contribution in [3.63, 3.8) is 0 Å². The molecule has 0 saturated carbocycles. The highest BCUT2D eigenvalue weighted by molar-refractivity contribution is 9.10. The van der Waals surface area contributed by atoms with Crippen molar-refractivity contribution in [3.05, 3.63) is 37.7 Å². The molecule has 3 N–H and O–H groups in total. The molecule has 0 bridgehead atoms. The molecule has 2 aromatic heterocycles. The van der Waals surface area contributed by atoms with Crippen LogP contribution in [0.25, 0.3) is 0 Å². The summed E-state index contributed by atoms with van der Waals surface area (Å²) in [6.45, 7) is 7.10. The van der Waals surface area contributed by atoms with Crippen LogP contribution in [0.1, 0.15) is 34.8 Å². The lowest BCUT2D eigenvalue weighted by Gasteiger charge is -2.16. The highest BCUT2D eigenvalue weighted by atomic mass is 79.9. The van der Waals surface area contributed by atoms with Gasteiger partial charge in [-0.1, -0.05) is 0 Å². The van der Waals surface area contributed by atoms with Crippen LogP contribution in [-0.4, -0.2) is 9.78 Å². The van der Waals surface area contributed by atoms with Crippen LogP contribution < -0.4 is 11.3 Å². The second-order valence-corrected chi connectivity index (χ2v) is 6.29. The van der Waals surface area contributed by atoms with Crippen molar-refractivity contribution in [2.24, 2.45) is 5.84 Å². The largest absolute Gasteiger partial charge is 0.271 e. The summed E-state index contributed by atoms with van der Waals surface area (Å²) < 4.78 is 3.12. The van der Waals surface area contributed by atoms with Crippen molar-refractivity contribution < 1.29 is 0 Å². The van der Waals surface area contributed by atoms with Crippen LogP contribution in [0.5, 0.6) is 0 Å². The van der Waals surface area contributed by atoms with Crippen molar-refractivity contribution in [2.45, 2.75) is 39.8 Å². The summed E-state index contributed by atoms with van der Waals surface area (Å²) >= 11 is 5.37. The summed E-state index contributed by atoms with van der Waals surface area (Å²) in [6, 6.07) is 2.25. The van der Waals surface area contributed by atoms with Gasteiger partial charge in [-0.2, -0.15) is 5.10 Å². The maximum absolute atomic E-state index is 5.74. The number of aryl methyl sites for hydroxylation is 3. The molecule has 2 aromatic rings. The Balaban J connectivity index is 2.31. The van der Waals surface area contributed by atoms with Crippen molar-refractivity contribution in [1.82, 2.24) is 15.2 Å². The van der Waals surface area contributed by atoms with Gasteiger partial charge in [-0.15, -0.1) is 11.3 Å². The SMILES string of the molecule is CCn1nc(C)c(Br)c1CC(NN)c1sccc1C. The molecular weight excluding hydrogens is 324 g/mol. The number of hydrazine groups is 1. The van der Waals surface area contributed by atoms with E-state index in [1.165, 1.54) is 16.1 Å². The predicted molar refractivity (Wildman–Crippen MR) is 83.2 cm³/mol. The molecule has 0 aliphatic carbocycles. The molecule has 2 heterocycles. The van der Waals surface area contributed by atoms with E-state index in [0.717, 1.165) is 23.1 Å². The lowest BCUT2D eigenvalue weighted by molar-refractivity contribution is 0.520. The fourth-order valence-electron chi connectivity index (χ4n) is 2.23. The predicted octanol–water partition coefficient (Wildman–Crippen LogP) is 3.09. The van der Waals surface area contributed by atoms with Crippen LogP contribution in [0.2, 0.25) is 0 Å². The summed E-state index contributed by atoms with van der Waals surface area (Å²) in [5.74, 6) is 5.74. The van der Waals surface area contributed by atoms with Gasteiger partial charge in [0, 0.05) is 17.8 Å². The molecule has 1 unspecified atom stereocenters. The van der Waals surface area contributed by atoms with Crippen LogP contribution in [0.4, 0.5) is 0 Å². The van der Waals surface area contributed by atoms with E-state index in [-0.39, 0.29) is 6.04 Å². The highest BCUT2D eigenvalue weighted by Crippen LogP contribution is 2.30. The number of hydrogen-bond donors (Lipinski definition) is 2. The summed E-state index contributed by atoms with van der Waals surface area (Å²) in [5.41, 5.74) is 6.43. The zero-order chi connectivity index (χ0) is 14.0. The Morgan fingerprint density at radius 2 is 2.26 bits per heavy atom. The summed E-state index contributed by atoms with van der Waals surface area (Å²) in [4.78, 5) is 1.29. The third kappa shape index (κ3) is 2.91. The Labute approximate surface area is 126 Å². The molecule has 0 aliphatic heterocycles. The minimum Gasteiger partial charge on any atom is -0.271 e. The number of aromatic nitrogens is 2. The second kappa shape index (κ2) is 6.17. The van der Waals surface area contributed by atoms with E-state index >= 15 is 0 Å². The number of rotatable bonds is 5. The number of nitrogens with zero attached hydrogens (tertiary/aromatic N) is 2. The van der Waals surface area contributed by atoms with Crippen LogP contribution in [0, 0.1) is 13.8 Å². The number of nitrogens with two attached hydrogens (primary N) is 1. The molecule has 19 heavy (non-hydrogen) atoms. The summed E-state index contributed by atoms with van der Waals surface area (Å²) in [6.07, 6.45) is 0.827. The van der Waals surface area contributed by atoms with Crippen LogP contribution in [0.3, 0.4) is 0 Å². The van der Waals surface area contributed by atoms with Crippen molar-refractivity contribution in [3.8, 4) is 0 Å². The fourth-order valence-corrected chi connectivity index (χ4v) is 3.66. The van der Waals surface area contributed by atoms with E-state index in [0.29, 0.717) is 0 Å². The standard InChI is InChI=1S/C13H19BrN4S/c1-4-18-11(12(14)9(3)17-18)7-10(16-15)13-8(2)5-6-19-13/h5-6,10,16H,4,7,15H2,1-3H3. The number of nitrogens with one attached hydrogen (secondary N) is 1. The van der Waals surface area contributed by atoms with E-state index in [1.54, 1.807) is 11.3 Å². The molecule has 0 spiro atoms. The molecule has 0 aliphatic rings. The van der Waals surface area contributed by atoms with Gasteiger partial charge < -0.3 is 0 Å². The Morgan fingerprint density at radius 1 is 1.53 bits per heavy atom. The number of thiophene rings is 1. The molecule has 0 saturated heterocycles. The maximum atomic E-state index is 5.74. The molecule has 0 aromatic carbocycles. The highest BCUT2D eigenvalue weighted by Gasteiger charge is 2.20. The Morgan fingerprint density at radius 3 is 2.79 bits per heavy atom. The summed E-state index contributed by atoms with van der Waals surface area (Å²) in [5, 5.41) is 6.63. The topological polar surface area (TPSA) is 55.9 Å². The van der Waals surface area contributed by atoms with E-state index in [4.69, 9.17) is 5.84 Å². The van der Waals surface area contributed by atoms with E-state index < -0.39 is 0 Å². The van der Waals surface area contributed by atoms with Crippen molar-refractivity contribution >= 4 is 27.3 Å². The van der Waals surface area contributed by atoms with Gasteiger partial charge in [-0.05, 0) is 53.7 Å². The Hall–Kier alpha value is -0.690. The van der Waals surface area contributed by atoms with E-state index in [1.807, 2.05) is 11.6 Å². The molecule has 0 fully saturated rings. The number of hydrogen-bond acceptors (Lipinski definition) is 4. The third-order valence-corrected chi connectivity index (χ3v) is 5.43. The first-order valence-corrected chi connectivity index (χ1v) is 7.97. The first-order valence-electron chi connectivity index (χ1n) is 6.30. The van der Waals surface area contributed by atoms with Crippen molar-refractivity contribution in [1.29, 1.82) is 0 Å². The minimum atomic E-state index is 0.123. The average Bonchev–Trinajstić information content (AvgIpc) is 2.93. The van der Waals surface area contributed by atoms with Crippen LogP contribution in [-0.2, 0) is 13.0 Å². The van der Waals surface area contributed by atoms with Gasteiger partial charge in [0.15, 0.2) is 0 Å². The molecule has 1 atom stereocenters. The molecule has 6 heteroatoms. The zero-order valence-corrected chi connectivity index (χ0v) is 13.8. The van der Waals surface area contributed by atoms with E-state index in [2.05, 4.69) is 51.7 Å². The van der Waals surface area contributed by atoms with E-state index in [9.17, 15) is 0 Å². The third-order valence-electron chi connectivity index (χ3n) is 3.27. The molecule has 0 radical (unpaired) electrons. The van der Waals surface area contributed by atoms with Gasteiger partial charge in [0.25, 0.3) is 0 Å². The lowest BCUT2D eigenvalue weighted by atomic mass is 10.1. The first kappa shape index (κ1) is 14.7. The minimum absolute atomic E-state index is 0.123. The average molecular weight is 343 g/mol. The van der Waals surface area contributed by atoms with Gasteiger partial charge in [0.2, 0.25) is 0 Å². The van der Waals surface area contributed by atoms with Crippen molar-refractivity contribution in [2.75, 3.05) is 0 Å². The second-order valence-electron chi connectivity index (χ2n) is 4.55. The normalized spacial score (nSPS) is 12.9. The van der Waals surface area contributed by atoms with Gasteiger partial charge in [-0.25, -0.2) is 0 Å². The Bertz CT molecular complexity index is 561. The number of halogens is 1. The van der Waals surface area contributed by atoms with Gasteiger partial charge in [0.05, 0.1) is 21.9 Å². The van der Waals surface area contributed by atoms with Gasteiger partial charge in [0.1, 0.15) is 0 Å². The smallest absolute Gasteiger partial charge is 0.0738 e. The van der Waals surface area contributed by atoms with Crippen LogP contribution >= 0.6 is 27.3 Å². The van der Waals surface area contributed by atoms with Crippen LogP contribution in [0.15, 0.2) is 15.9 Å². The van der Waals surface area contributed by atoms with Gasteiger partial charge in [-0.3, -0.25) is 16.0 Å². The maximum Gasteiger partial charge on any atom is 0.0738 e. The lowest BCUT2D eigenvalue weighted by Crippen LogP contribution is -2.30. The monoisotopic (exact) mass is 342 g/mol. The molecular formula is C13H19BrN4S. The first-order chi connectivity index (χ1) is 9.08. The quantitative estimate of drug-likeness (QED) is 0.648. The molecule has 2 rings (SSSR count). The summed E-state index contributed by atoms with van der Waals surface area (Å²) in [7, 11) is 0. The van der Waals surface area contributed by atoms with Gasteiger partial charge >= 0.3 is 0 Å². The Kier molecular flexibility index (Phi) is 4.78. The fraction of sp³-hybridized carbons (Fsp3) is 0.462. The molecule has 4 nitrogen and oxygen atoms in total. The molecule has 104 valence electrons. The zero-order valence-electron chi connectivity index (χ0n) is 11.4. The molecule has 0 amide bonds.